The lowest BCUT2D eigenvalue weighted by atomic mass is 9.89. The van der Waals surface area contributed by atoms with E-state index < -0.39 is 11.2 Å². The molecule has 2 atom stereocenters. The van der Waals surface area contributed by atoms with Crippen molar-refractivity contribution in [3.8, 4) is 0 Å². The van der Waals surface area contributed by atoms with Crippen LogP contribution in [-0.2, 0) is 19.9 Å². The third-order valence-electron chi connectivity index (χ3n) is 5.31. The molecule has 1 aromatic carbocycles. The molecule has 158 valence electrons. The Balaban J connectivity index is 1.84. The largest absolute Gasteiger partial charge is 0.388 e. The second kappa shape index (κ2) is 9.14. The second-order valence-electron chi connectivity index (χ2n) is 7.74. The number of rotatable bonds is 9. The molecule has 0 aromatic heterocycles. The molecular formula is C21H26Cl2N2O4. The molecule has 8 heteroatoms. The summed E-state index contributed by atoms with van der Waals surface area (Å²) in [7, 11) is 1.59. The SMILES string of the molecule is COCCOC1(c2ccc(Cl)cc2Cl)C=C(C(=O)NCC(C)(O)C2CC2)C=NC1. The first kappa shape index (κ1) is 22.2. The zero-order chi connectivity index (χ0) is 21.1. The third kappa shape index (κ3) is 5.38. The predicted octanol–water partition coefficient (Wildman–Crippen LogP) is 3.14. The number of hydrogen-bond acceptors (Lipinski definition) is 5. The average Bonchev–Trinajstić information content (AvgIpc) is 3.52. The minimum atomic E-state index is -1.01. The number of halogens is 2. The topological polar surface area (TPSA) is 80.2 Å². The van der Waals surface area contributed by atoms with E-state index in [0.717, 1.165) is 12.8 Å². The fourth-order valence-electron chi connectivity index (χ4n) is 3.42. The van der Waals surface area contributed by atoms with Gasteiger partial charge in [-0.2, -0.15) is 0 Å². The maximum Gasteiger partial charge on any atom is 0.252 e. The van der Waals surface area contributed by atoms with Crippen LogP contribution in [0.5, 0.6) is 0 Å². The van der Waals surface area contributed by atoms with E-state index in [1.165, 1.54) is 6.21 Å². The molecule has 1 aromatic rings. The van der Waals surface area contributed by atoms with E-state index in [1.54, 1.807) is 38.3 Å². The number of methoxy groups -OCH3 is 1. The first-order valence-corrected chi connectivity index (χ1v) is 10.3. The van der Waals surface area contributed by atoms with Crippen molar-refractivity contribution in [2.24, 2.45) is 10.9 Å². The zero-order valence-electron chi connectivity index (χ0n) is 16.6. The van der Waals surface area contributed by atoms with Crippen molar-refractivity contribution in [1.82, 2.24) is 5.32 Å². The maximum atomic E-state index is 12.8. The van der Waals surface area contributed by atoms with E-state index in [9.17, 15) is 9.90 Å². The van der Waals surface area contributed by atoms with Gasteiger partial charge in [-0.1, -0.05) is 29.3 Å². The van der Waals surface area contributed by atoms with Crippen molar-refractivity contribution in [2.75, 3.05) is 33.4 Å². The van der Waals surface area contributed by atoms with Crippen molar-refractivity contribution >= 4 is 35.3 Å². The summed E-state index contributed by atoms with van der Waals surface area (Å²) in [6, 6.07) is 5.14. The minimum Gasteiger partial charge on any atom is -0.388 e. The Kier molecular flexibility index (Phi) is 7.02. The molecule has 2 unspecified atom stereocenters. The molecule has 0 spiro atoms. The van der Waals surface area contributed by atoms with Gasteiger partial charge in [-0.05, 0) is 43.9 Å². The molecule has 0 saturated heterocycles. The first-order valence-electron chi connectivity index (χ1n) is 9.59. The van der Waals surface area contributed by atoms with Crippen molar-refractivity contribution in [1.29, 1.82) is 0 Å². The van der Waals surface area contributed by atoms with Crippen molar-refractivity contribution in [2.45, 2.75) is 31.0 Å². The number of carbonyl (C=O) groups is 1. The molecule has 1 saturated carbocycles. The molecule has 6 nitrogen and oxygen atoms in total. The Morgan fingerprint density at radius 1 is 1.38 bits per heavy atom. The van der Waals surface area contributed by atoms with E-state index in [-0.39, 0.29) is 24.9 Å². The molecule has 2 aliphatic rings. The Morgan fingerprint density at radius 3 is 2.79 bits per heavy atom. The normalized spacial score (nSPS) is 23.4. The van der Waals surface area contributed by atoms with E-state index in [1.807, 2.05) is 0 Å². The predicted molar refractivity (Wildman–Crippen MR) is 114 cm³/mol. The summed E-state index contributed by atoms with van der Waals surface area (Å²) >= 11 is 12.5. The Bertz CT molecular complexity index is 821. The lowest BCUT2D eigenvalue weighted by Crippen LogP contribution is -2.44. The molecule has 1 amide bonds. The number of dihydropyridines is 1. The van der Waals surface area contributed by atoms with E-state index in [2.05, 4.69) is 10.3 Å². The second-order valence-corrected chi connectivity index (χ2v) is 8.58. The molecule has 1 aliphatic carbocycles. The van der Waals surface area contributed by atoms with Crippen LogP contribution in [0.4, 0.5) is 0 Å². The Hall–Kier alpha value is -1.44. The van der Waals surface area contributed by atoms with Gasteiger partial charge in [0.2, 0.25) is 0 Å². The molecule has 0 bridgehead atoms. The van der Waals surface area contributed by atoms with Crippen LogP contribution in [-0.4, -0.2) is 56.2 Å². The number of benzene rings is 1. The van der Waals surface area contributed by atoms with Crippen LogP contribution in [0.2, 0.25) is 10.0 Å². The highest BCUT2D eigenvalue weighted by Crippen LogP contribution is 2.39. The number of ether oxygens (including phenoxy) is 2. The molecule has 2 N–H and O–H groups in total. The fraction of sp³-hybridized carbons (Fsp3) is 0.524. The van der Waals surface area contributed by atoms with Gasteiger partial charge >= 0.3 is 0 Å². The van der Waals surface area contributed by atoms with Crippen molar-refractivity contribution < 1.29 is 19.4 Å². The van der Waals surface area contributed by atoms with E-state index >= 15 is 0 Å². The van der Waals surface area contributed by atoms with Crippen LogP contribution >= 0.6 is 23.2 Å². The number of aliphatic imine (C=N–C) groups is 1. The summed E-state index contributed by atoms with van der Waals surface area (Å²) < 4.78 is 11.2. The van der Waals surface area contributed by atoms with Crippen LogP contribution in [0.1, 0.15) is 25.3 Å². The molecular weight excluding hydrogens is 415 g/mol. The van der Waals surface area contributed by atoms with Gasteiger partial charge in [0.1, 0.15) is 5.60 Å². The van der Waals surface area contributed by atoms with Crippen LogP contribution < -0.4 is 5.32 Å². The van der Waals surface area contributed by atoms with Crippen LogP contribution in [0.15, 0.2) is 34.8 Å². The lowest BCUT2D eigenvalue weighted by Gasteiger charge is -2.33. The van der Waals surface area contributed by atoms with Gasteiger partial charge in [0.05, 0.1) is 30.9 Å². The monoisotopic (exact) mass is 440 g/mol. The van der Waals surface area contributed by atoms with E-state index in [0.29, 0.717) is 34.4 Å². The van der Waals surface area contributed by atoms with Crippen molar-refractivity contribution in [3.63, 3.8) is 0 Å². The van der Waals surface area contributed by atoms with Crippen LogP contribution in [0.3, 0.4) is 0 Å². The van der Waals surface area contributed by atoms with Gasteiger partial charge in [-0.15, -0.1) is 0 Å². The summed E-state index contributed by atoms with van der Waals surface area (Å²) in [5.74, 6) is -0.0830. The zero-order valence-corrected chi connectivity index (χ0v) is 18.1. The number of nitrogens with zero attached hydrogens (tertiary/aromatic N) is 1. The molecule has 0 radical (unpaired) electrons. The fourth-order valence-corrected chi connectivity index (χ4v) is 3.98. The van der Waals surface area contributed by atoms with Crippen molar-refractivity contribution in [3.05, 3.63) is 45.5 Å². The molecule has 1 heterocycles. The molecule has 1 aliphatic heterocycles. The summed E-state index contributed by atoms with van der Waals surface area (Å²) in [6.07, 6.45) is 5.21. The number of aliphatic hydroxyl groups is 1. The van der Waals surface area contributed by atoms with Crippen LogP contribution in [0.25, 0.3) is 0 Å². The third-order valence-corrected chi connectivity index (χ3v) is 5.85. The van der Waals surface area contributed by atoms with E-state index in [4.69, 9.17) is 32.7 Å². The lowest BCUT2D eigenvalue weighted by molar-refractivity contribution is -0.118. The summed E-state index contributed by atoms with van der Waals surface area (Å²) in [4.78, 5) is 17.1. The average molecular weight is 441 g/mol. The highest BCUT2D eigenvalue weighted by molar-refractivity contribution is 6.35. The Labute approximate surface area is 180 Å². The quantitative estimate of drug-likeness (QED) is 0.577. The number of hydrogen-bond donors (Lipinski definition) is 2. The van der Waals surface area contributed by atoms with Gasteiger partial charge in [-0.3, -0.25) is 9.79 Å². The first-order chi connectivity index (χ1) is 13.8. The molecule has 29 heavy (non-hydrogen) atoms. The van der Waals surface area contributed by atoms with Gasteiger partial charge < -0.3 is 19.9 Å². The number of carbonyl (C=O) groups excluding carboxylic acids is 1. The Morgan fingerprint density at radius 2 is 2.14 bits per heavy atom. The van der Waals surface area contributed by atoms with Gasteiger partial charge in [0.15, 0.2) is 0 Å². The summed E-state index contributed by atoms with van der Waals surface area (Å²) in [5, 5.41) is 14.2. The summed E-state index contributed by atoms with van der Waals surface area (Å²) in [5.41, 5.74) is -0.896. The summed E-state index contributed by atoms with van der Waals surface area (Å²) in [6.45, 7) is 2.89. The molecule has 3 rings (SSSR count). The van der Waals surface area contributed by atoms with Gasteiger partial charge in [0, 0.05) is 35.5 Å². The van der Waals surface area contributed by atoms with Gasteiger partial charge in [0.25, 0.3) is 5.91 Å². The highest BCUT2D eigenvalue weighted by atomic mass is 35.5. The standard InChI is InChI=1S/C21H26Cl2N2O4/c1-20(27,15-3-4-15)12-25-19(26)14-10-21(13-24-11-14,29-8-7-28-2)17-6-5-16(22)9-18(17)23/h5-6,9-11,15,27H,3-4,7-8,12-13H2,1-2H3,(H,25,26). The maximum absolute atomic E-state index is 12.8. The van der Waals surface area contributed by atoms with Gasteiger partial charge in [-0.25, -0.2) is 0 Å². The highest BCUT2D eigenvalue weighted by Gasteiger charge is 2.40. The number of nitrogens with one attached hydrogen (secondary N) is 1. The van der Waals surface area contributed by atoms with Crippen LogP contribution in [0, 0.1) is 5.92 Å². The molecule has 1 fully saturated rings. The number of amides is 1. The minimum absolute atomic E-state index is 0.181. The smallest absolute Gasteiger partial charge is 0.252 e.